The van der Waals surface area contributed by atoms with Crippen molar-refractivity contribution in [1.29, 1.82) is 0 Å². The second-order valence-corrected chi connectivity index (χ2v) is 13.0. The van der Waals surface area contributed by atoms with Gasteiger partial charge in [0, 0.05) is 37.5 Å². The van der Waals surface area contributed by atoms with Crippen LogP contribution in [-0.4, -0.2) is 79.2 Å². The first-order chi connectivity index (χ1) is 11.3. The minimum Gasteiger partial charge on any atom is -0.444 e. The molecule has 0 aromatic rings. The number of hydrogen-bond acceptors (Lipinski definition) is 5. The van der Waals surface area contributed by atoms with E-state index in [0.29, 0.717) is 6.61 Å². The van der Waals surface area contributed by atoms with Crippen molar-refractivity contribution in [3.05, 3.63) is 0 Å². The maximum Gasteiger partial charge on any atom is 0.407 e. The van der Waals surface area contributed by atoms with Gasteiger partial charge in [-0.2, -0.15) is 0 Å². The van der Waals surface area contributed by atoms with Gasteiger partial charge in [0.1, 0.15) is 5.60 Å². The summed E-state index contributed by atoms with van der Waals surface area (Å²) in [6, 6.07) is -0.0814. The van der Waals surface area contributed by atoms with Crippen molar-refractivity contribution in [3.63, 3.8) is 0 Å². The third-order valence-corrected chi connectivity index (χ3v) is 8.12. The molecule has 0 bridgehead atoms. The van der Waals surface area contributed by atoms with Gasteiger partial charge in [0.25, 0.3) is 0 Å². The maximum atomic E-state index is 12.2. The Balaban J connectivity index is 2.68. The molecule has 1 saturated heterocycles. The quantitative estimate of drug-likeness (QED) is 0.745. The molecule has 1 atom stereocenters. The van der Waals surface area contributed by atoms with Crippen LogP contribution in [0.4, 0.5) is 4.79 Å². The molecule has 0 aromatic carbocycles. The lowest BCUT2D eigenvalue weighted by atomic mass is 10.2. The van der Waals surface area contributed by atoms with Gasteiger partial charge in [-0.25, -0.2) is 4.79 Å². The van der Waals surface area contributed by atoms with E-state index in [4.69, 9.17) is 8.92 Å². The fraction of sp³-hybridized carbons (Fsp3) is 0.944. The van der Waals surface area contributed by atoms with Crippen LogP contribution in [0.1, 0.15) is 41.5 Å². The van der Waals surface area contributed by atoms with E-state index >= 15 is 0 Å². The Morgan fingerprint density at radius 2 is 1.72 bits per heavy atom. The first-order valence-electron chi connectivity index (χ1n) is 9.10. The number of carbonyl (C=O) groups excluding carboxylic acids is 1. The molecular weight excluding hydrogens is 338 g/mol. The van der Waals surface area contributed by atoms with Crippen molar-refractivity contribution in [1.82, 2.24) is 15.5 Å². The number of rotatable bonds is 6. The minimum absolute atomic E-state index is 0.0814. The highest BCUT2D eigenvalue weighted by Gasteiger charge is 2.31. The van der Waals surface area contributed by atoms with Gasteiger partial charge in [-0.15, -0.1) is 10.3 Å². The zero-order chi connectivity index (χ0) is 19.3. The average molecular weight is 378 g/mol. The van der Waals surface area contributed by atoms with Crippen LogP contribution in [0, 0.1) is 0 Å². The van der Waals surface area contributed by atoms with E-state index < -0.39 is 15.9 Å². The standard InChI is InChI=1S/C18H39N3O3S/c1-17(2,3)24-16(22)20-15(13-21-11-9-19-10-12-21)14-23-25(7,8)18(4,5)6/h15,19H,9-14H2,1-8H3,(H,20,22). The smallest absolute Gasteiger partial charge is 0.407 e. The number of alkyl carbamates (subject to hydrolysis) is 1. The lowest BCUT2D eigenvalue weighted by Crippen LogP contribution is -2.52. The van der Waals surface area contributed by atoms with E-state index in [1.54, 1.807) is 0 Å². The highest BCUT2D eigenvalue weighted by Crippen LogP contribution is 2.53. The van der Waals surface area contributed by atoms with E-state index in [1.807, 2.05) is 20.8 Å². The van der Waals surface area contributed by atoms with Gasteiger partial charge in [0.15, 0.2) is 0 Å². The van der Waals surface area contributed by atoms with Crippen LogP contribution in [0.15, 0.2) is 0 Å². The van der Waals surface area contributed by atoms with Crippen LogP contribution in [0.5, 0.6) is 0 Å². The summed E-state index contributed by atoms with van der Waals surface area (Å²) in [6.45, 7) is 17.5. The topological polar surface area (TPSA) is 62.8 Å². The van der Waals surface area contributed by atoms with Gasteiger partial charge in [-0.1, -0.05) is 20.8 Å². The molecule has 1 aliphatic rings. The molecule has 0 aromatic heterocycles. The summed E-state index contributed by atoms with van der Waals surface area (Å²) in [5.41, 5.74) is -0.500. The Kier molecular flexibility index (Phi) is 8.05. The molecule has 25 heavy (non-hydrogen) atoms. The Bertz CT molecular complexity index is 424. The number of amides is 1. The molecule has 2 N–H and O–H groups in total. The van der Waals surface area contributed by atoms with Crippen LogP contribution in [0.25, 0.3) is 0 Å². The van der Waals surface area contributed by atoms with Crippen molar-refractivity contribution in [2.24, 2.45) is 0 Å². The summed E-state index contributed by atoms with van der Waals surface area (Å²) < 4.78 is 11.8. The largest absolute Gasteiger partial charge is 0.444 e. The lowest BCUT2D eigenvalue weighted by Gasteiger charge is -2.44. The van der Waals surface area contributed by atoms with E-state index in [0.717, 1.165) is 32.7 Å². The van der Waals surface area contributed by atoms with Crippen LogP contribution >= 0.6 is 10.3 Å². The lowest BCUT2D eigenvalue weighted by molar-refractivity contribution is 0.0470. The predicted octanol–water partition coefficient (Wildman–Crippen LogP) is 2.58. The van der Waals surface area contributed by atoms with Gasteiger partial charge >= 0.3 is 6.09 Å². The van der Waals surface area contributed by atoms with Crippen LogP contribution in [0.3, 0.4) is 0 Å². The highest BCUT2D eigenvalue weighted by atomic mass is 32.3. The van der Waals surface area contributed by atoms with Gasteiger partial charge in [-0.05, 0) is 33.3 Å². The van der Waals surface area contributed by atoms with Crippen LogP contribution in [-0.2, 0) is 8.92 Å². The van der Waals surface area contributed by atoms with Crippen molar-refractivity contribution in [2.75, 3.05) is 51.8 Å². The molecule has 1 amide bonds. The van der Waals surface area contributed by atoms with Crippen molar-refractivity contribution in [3.8, 4) is 0 Å². The molecule has 0 saturated carbocycles. The first kappa shape index (κ1) is 22.5. The molecule has 7 heteroatoms. The van der Waals surface area contributed by atoms with Gasteiger partial charge < -0.3 is 19.6 Å². The monoisotopic (exact) mass is 377 g/mol. The van der Waals surface area contributed by atoms with Gasteiger partial charge in [0.2, 0.25) is 0 Å². The molecule has 0 spiro atoms. The molecular formula is C18H39N3O3S. The van der Waals surface area contributed by atoms with E-state index in [-0.39, 0.29) is 16.9 Å². The number of piperazine rings is 1. The molecule has 0 aliphatic carbocycles. The van der Waals surface area contributed by atoms with E-state index in [2.05, 4.69) is 48.8 Å². The second-order valence-electron chi connectivity index (χ2n) is 9.02. The molecule has 150 valence electrons. The highest BCUT2D eigenvalue weighted by molar-refractivity contribution is 8.29. The minimum atomic E-state index is -1.23. The molecule has 1 fully saturated rings. The molecule has 1 aliphatic heterocycles. The summed E-state index contributed by atoms with van der Waals surface area (Å²) >= 11 is 0. The van der Waals surface area contributed by atoms with E-state index in [9.17, 15) is 4.79 Å². The van der Waals surface area contributed by atoms with Gasteiger partial charge in [-0.3, -0.25) is 4.90 Å². The number of carbonyl (C=O) groups is 1. The summed E-state index contributed by atoms with van der Waals surface area (Å²) in [6.07, 6.45) is 3.99. The fourth-order valence-electron chi connectivity index (χ4n) is 2.25. The zero-order valence-corrected chi connectivity index (χ0v) is 18.2. The van der Waals surface area contributed by atoms with Gasteiger partial charge in [0.05, 0.1) is 12.6 Å². The molecule has 6 nitrogen and oxygen atoms in total. The molecule has 1 heterocycles. The van der Waals surface area contributed by atoms with Crippen molar-refractivity contribution >= 4 is 16.4 Å². The predicted molar refractivity (Wildman–Crippen MR) is 108 cm³/mol. The third-order valence-electron chi connectivity index (χ3n) is 4.45. The average Bonchev–Trinajstić information content (AvgIpc) is 2.42. The first-order valence-corrected chi connectivity index (χ1v) is 11.5. The maximum absolute atomic E-state index is 12.2. The normalized spacial score (nSPS) is 19.4. The number of nitrogens with one attached hydrogen (secondary N) is 2. The van der Waals surface area contributed by atoms with Crippen molar-refractivity contribution in [2.45, 2.75) is 57.9 Å². The Hall–Kier alpha value is -0.500. The number of ether oxygens (including phenoxy) is 1. The molecule has 1 unspecified atom stereocenters. The Labute approximate surface area is 155 Å². The molecule has 0 radical (unpaired) electrons. The van der Waals surface area contributed by atoms with Crippen molar-refractivity contribution < 1.29 is 13.7 Å². The van der Waals surface area contributed by atoms with E-state index in [1.165, 1.54) is 0 Å². The number of hydrogen-bond donors (Lipinski definition) is 2. The summed E-state index contributed by atoms with van der Waals surface area (Å²) in [5, 5.41) is 6.37. The summed E-state index contributed by atoms with van der Waals surface area (Å²) in [4.78, 5) is 14.6. The number of nitrogens with zero attached hydrogens (tertiary/aromatic N) is 1. The zero-order valence-electron chi connectivity index (χ0n) is 17.4. The Morgan fingerprint density at radius 3 is 2.20 bits per heavy atom. The second kappa shape index (κ2) is 8.93. The summed E-state index contributed by atoms with van der Waals surface area (Å²) in [5.74, 6) is 0. The molecule has 1 rings (SSSR count). The fourth-order valence-corrected chi connectivity index (χ4v) is 3.11. The Morgan fingerprint density at radius 1 is 1.16 bits per heavy atom. The van der Waals surface area contributed by atoms with Crippen LogP contribution in [0.2, 0.25) is 0 Å². The third kappa shape index (κ3) is 8.62. The van der Waals surface area contributed by atoms with Crippen LogP contribution < -0.4 is 10.6 Å². The SMILES string of the molecule is CC(C)(C)OC(=O)NC(COS(C)(C)C(C)(C)C)CN1CCNCC1. The summed E-state index contributed by atoms with van der Waals surface area (Å²) in [7, 11) is -1.23.